The predicted molar refractivity (Wildman–Crippen MR) is 61.3 cm³/mol. The molecule has 17 heavy (non-hydrogen) atoms. The minimum Gasteiger partial charge on any atom is -0.491 e. The number of ether oxygens (including phenoxy) is 1. The van der Waals surface area contributed by atoms with Crippen molar-refractivity contribution in [1.29, 1.82) is 0 Å². The quantitative estimate of drug-likeness (QED) is 0.844. The Morgan fingerprint density at radius 3 is 3.06 bits per heavy atom. The van der Waals surface area contributed by atoms with Crippen molar-refractivity contribution in [3.05, 3.63) is 23.2 Å². The summed E-state index contributed by atoms with van der Waals surface area (Å²) in [6, 6.07) is 4.83. The summed E-state index contributed by atoms with van der Waals surface area (Å²) >= 11 is 5.80. The summed E-state index contributed by atoms with van der Waals surface area (Å²) in [7, 11) is 0. The molecule has 5 nitrogen and oxygen atoms in total. The molecule has 1 aliphatic heterocycles. The van der Waals surface area contributed by atoms with E-state index in [1.807, 2.05) is 0 Å². The number of fused-ring (bicyclic) bond motifs is 1. The fraction of sp³-hybridized carbons (Fsp3) is 0.273. The highest BCUT2D eigenvalue weighted by molar-refractivity contribution is 6.30. The molecule has 1 aromatic carbocycles. The molecule has 1 amide bonds. The van der Waals surface area contributed by atoms with E-state index in [4.69, 9.17) is 21.4 Å². The smallest absolute Gasteiger partial charge is 0.304 e. The van der Waals surface area contributed by atoms with E-state index < -0.39 is 11.9 Å². The van der Waals surface area contributed by atoms with Gasteiger partial charge in [0.2, 0.25) is 5.91 Å². The second-order valence-corrected chi connectivity index (χ2v) is 4.17. The highest BCUT2D eigenvalue weighted by atomic mass is 35.5. The fourth-order valence-electron chi connectivity index (χ4n) is 1.58. The van der Waals surface area contributed by atoms with E-state index in [-0.39, 0.29) is 18.9 Å². The van der Waals surface area contributed by atoms with Gasteiger partial charge >= 0.3 is 5.97 Å². The number of benzene rings is 1. The van der Waals surface area contributed by atoms with Crippen LogP contribution in [0.4, 0.5) is 5.69 Å². The Hall–Kier alpha value is -1.75. The summed E-state index contributed by atoms with van der Waals surface area (Å²) in [5.74, 6) is -1.62. The standard InChI is InChI=1S/C11H10ClNO4/c12-7-1-2-8-9(4-7)17-5-6(3-10(14)15)11(16)13-8/h1-2,4,6H,3,5H2,(H,13,16)(H,14,15)/t6-/m0/s1. The lowest BCUT2D eigenvalue weighted by molar-refractivity contribution is -0.140. The number of carbonyl (C=O) groups is 2. The summed E-state index contributed by atoms with van der Waals surface area (Å²) < 4.78 is 5.38. The van der Waals surface area contributed by atoms with E-state index in [1.165, 1.54) is 0 Å². The summed E-state index contributed by atoms with van der Waals surface area (Å²) in [6.07, 6.45) is -0.256. The molecule has 1 heterocycles. The van der Waals surface area contributed by atoms with E-state index >= 15 is 0 Å². The lowest BCUT2D eigenvalue weighted by Gasteiger charge is -2.09. The largest absolute Gasteiger partial charge is 0.491 e. The van der Waals surface area contributed by atoms with Crippen molar-refractivity contribution in [3.8, 4) is 5.75 Å². The van der Waals surface area contributed by atoms with Crippen molar-refractivity contribution < 1.29 is 19.4 Å². The van der Waals surface area contributed by atoms with Crippen molar-refractivity contribution in [2.45, 2.75) is 6.42 Å². The Balaban J connectivity index is 2.22. The first-order valence-corrected chi connectivity index (χ1v) is 5.39. The minimum absolute atomic E-state index is 0.0332. The maximum atomic E-state index is 11.7. The Morgan fingerprint density at radius 1 is 1.59 bits per heavy atom. The van der Waals surface area contributed by atoms with Gasteiger partial charge in [-0.1, -0.05) is 11.6 Å². The monoisotopic (exact) mass is 255 g/mol. The molecule has 1 aliphatic rings. The number of anilines is 1. The number of aliphatic carboxylic acids is 1. The van der Waals surface area contributed by atoms with Crippen molar-refractivity contribution in [2.75, 3.05) is 11.9 Å². The summed E-state index contributed by atoms with van der Waals surface area (Å²) in [5, 5.41) is 11.8. The molecule has 0 fully saturated rings. The molecule has 6 heteroatoms. The number of carboxylic acid groups (broad SMARTS) is 1. The molecule has 0 radical (unpaired) electrons. The molecule has 0 saturated heterocycles. The maximum absolute atomic E-state index is 11.7. The number of amides is 1. The normalized spacial score (nSPS) is 18.6. The maximum Gasteiger partial charge on any atom is 0.304 e. The topological polar surface area (TPSA) is 75.6 Å². The SMILES string of the molecule is O=C(O)C[C@H]1COc2cc(Cl)ccc2NC1=O. The Labute approximate surface area is 102 Å². The van der Waals surface area contributed by atoms with E-state index in [0.29, 0.717) is 16.5 Å². The van der Waals surface area contributed by atoms with Crippen molar-refractivity contribution in [2.24, 2.45) is 5.92 Å². The summed E-state index contributed by atoms with van der Waals surface area (Å²) in [6.45, 7) is 0.0332. The molecule has 0 aliphatic carbocycles. The van der Waals surface area contributed by atoms with Gasteiger partial charge in [-0.25, -0.2) is 0 Å². The number of carboxylic acids is 1. The van der Waals surface area contributed by atoms with Gasteiger partial charge in [0.1, 0.15) is 12.4 Å². The predicted octanol–water partition coefficient (Wildman–Crippen LogP) is 1.76. The molecular formula is C11H10ClNO4. The molecule has 1 atom stereocenters. The number of carbonyl (C=O) groups excluding carboxylic acids is 1. The molecule has 0 spiro atoms. The van der Waals surface area contributed by atoms with Crippen LogP contribution in [-0.2, 0) is 9.59 Å². The van der Waals surface area contributed by atoms with Crippen LogP contribution in [0.5, 0.6) is 5.75 Å². The van der Waals surface area contributed by atoms with Crippen LogP contribution in [0.1, 0.15) is 6.42 Å². The molecule has 0 aromatic heterocycles. The fourth-order valence-corrected chi connectivity index (χ4v) is 1.74. The van der Waals surface area contributed by atoms with E-state index in [0.717, 1.165) is 0 Å². The van der Waals surface area contributed by atoms with Gasteiger partial charge in [0, 0.05) is 11.1 Å². The first-order valence-electron chi connectivity index (χ1n) is 5.01. The minimum atomic E-state index is -1.03. The van der Waals surface area contributed by atoms with Crippen molar-refractivity contribution >= 4 is 29.2 Å². The van der Waals surface area contributed by atoms with E-state index in [2.05, 4.69) is 5.32 Å². The number of rotatable bonds is 2. The van der Waals surface area contributed by atoms with Crippen LogP contribution in [-0.4, -0.2) is 23.6 Å². The van der Waals surface area contributed by atoms with Crippen LogP contribution < -0.4 is 10.1 Å². The molecule has 1 aromatic rings. The number of nitrogens with one attached hydrogen (secondary N) is 1. The first-order chi connectivity index (χ1) is 8.06. The highest BCUT2D eigenvalue weighted by Gasteiger charge is 2.26. The van der Waals surface area contributed by atoms with Crippen molar-refractivity contribution in [3.63, 3.8) is 0 Å². The van der Waals surface area contributed by atoms with Gasteiger partial charge < -0.3 is 15.2 Å². The Bertz CT molecular complexity index is 475. The summed E-state index contributed by atoms with van der Waals surface area (Å²) in [4.78, 5) is 22.3. The van der Waals surface area contributed by atoms with Crippen LogP contribution in [0, 0.1) is 5.92 Å². The van der Waals surface area contributed by atoms with Crippen LogP contribution in [0.25, 0.3) is 0 Å². The third-order valence-electron chi connectivity index (χ3n) is 2.43. The zero-order chi connectivity index (χ0) is 12.4. The molecule has 2 N–H and O–H groups in total. The van der Waals surface area contributed by atoms with Crippen molar-refractivity contribution in [1.82, 2.24) is 0 Å². The first kappa shape index (κ1) is 11.7. The lowest BCUT2D eigenvalue weighted by atomic mass is 10.1. The summed E-state index contributed by atoms with van der Waals surface area (Å²) in [5.41, 5.74) is 0.507. The second kappa shape index (κ2) is 4.63. The van der Waals surface area contributed by atoms with Gasteiger partial charge in [-0.3, -0.25) is 9.59 Å². The van der Waals surface area contributed by atoms with Crippen LogP contribution in [0.3, 0.4) is 0 Å². The molecular weight excluding hydrogens is 246 g/mol. The zero-order valence-electron chi connectivity index (χ0n) is 8.77. The Morgan fingerprint density at radius 2 is 2.35 bits per heavy atom. The van der Waals surface area contributed by atoms with Gasteiger partial charge in [0.05, 0.1) is 18.0 Å². The molecule has 0 unspecified atom stereocenters. The van der Waals surface area contributed by atoms with Crippen LogP contribution in [0.15, 0.2) is 18.2 Å². The molecule has 90 valence electrons. The highest BCUT2D eigenvalue weighted by Crippen LogP contribution is 2.31. The van der Waals surface area contributed by atoms with Gasteiger partial charge in [-0.15, -0.1) is 0 Å². The number of hydrogen-bond donors (Lipinski definition) is 2. The van der Waals surface area contributed by atoms with Crippen LogP contribution in [0.2, 0.25) is 5.02 Å². The second-order valence-electron chi connectivity index (χ2n) is 3.74. The van der Waals surface area contributed by atoms with E-state index in [1.54, 1.807) is 18.2 Å². The van der Waals surface area contributed by atoms with E-state index in [9.17, 15) is 9.59 Å². The molecule has 0 bridgehead atoms. The van der Waals surface area contributed by atoms with Gasteiger partial charge in [0.25, 0.3) is 0 Å². The van der Waals surface area contributed by atoms with Gasteiger partial charge in [-0.2, -0.15) is 0 Å². The van der Waals surface area contributed by atoms with Crippen LogP contribution >= 0.6 is 11.6 Å². The van der Waals surface area contributed by atoms with Gasteiger partial charge in [0.15, 0.2) is 0 Å². The number of hydrogen-bond acceptors (Lipinski definition) is 3. The molecule has 2 rings (SSSR count). The third-order valence-corrected chi connectivity index (χ3v) is 2.67. The van der Waals surface area contributed by atoms with Gasteiger partial charge in [-0.05, 0) is 12.1 Å². The molecule has 0 saturated carbocycles. The average molecular weight is 256 g/mol. The third kappa shape index (κ3) is 2.68. The lowest BCUT2D eigenvalue weighted by Crippen LogP contribution is -2.27. The zero-order valence-corrected chi connectivity index (χ0v) is 9.53. The Kier molecular flexibility index (Phi) is 3.19. The average Bonchev–Trinajstić information content (AvgIpc) is 2.39. The number of halogens is 1.